The Bertz CT molecular complexity index is 1150. The molecule has 1 atom stereocenters. The predicted molar refractivity (Wildman–Crippen MR) is 114 cm³/mol. The summed E-state index contributed by atoms with van der Waals surface area (Å²) >= 11 is 1.42. The van der Waals surface area contributed by atoms with E-state index in [9.17, 15) is 13.2 Å². The lowest BCUT2D eigenvalue weighted by molar-refractivity contribution is 0.102. The molecule has 1 aromatic carbocycles. The van der Waals surface area contributed by atoms with Crippen LogP contribution in [0.1, 0.15) is 41.1 Å². The Morgan fingerprint density at radius 3 is 2.72 bits per heavy atom. The van der Waals surface area contributed by atoms with Crippen LogP contribution in [0.15, 0.2) is 35.7 Å². The topological polar surface area (TPSA) is 93.9 Å². The fourth-order valence-corrected chi connectivity index (χ4v) is 5.93. The van der Waals surface area contributed by atoms with Crippen LogP contribution in [0.5, 0.6) is 0 Å². The lowest BCUT2D eigenvalue weighted by Gasteiger charge is -2.13. The monoisotopic (exact) mass is 430 g/mol. The third-order valence-corrected chi connectivity index (χ3v) is 7.64. The Morgan fingerprint density at radius 2 is 2.07 bits per heavy atom. The zero-order valence-corrected chi connectivity index (χ0v) is 17.9. The van der Waals surface area contributed by atoms with Crippen LogP contribution in [0.4, 0.5) is 5.82 Å². The Hall–Kier alpha value is -2.52. The van der Waals surface area contributed by atoms with Crippen LogP contribution >= 0.6 is 11.3 Å². The summed E-state index contributed by atoms with van der Waals surface area (Å²) in [6.45, 7) is 3.92. The van der Waals surface area contributed by atoms with Crippen LogP contribution in [0.3, 0.4) is 0 Å². The summed E-state index contributed by atoms with van der Waals surface area (Å²) in [7, 11) is -3.05. The van der Waals surface area contributed by atoms with Crippen LogP contribution in [0.25, 0.3) is 10.6 Å². The van der Waals surface area contributed by atoms with Gasteiger partial charge in [-0.2, -0.15) is 5.10 Å². The minimum Gasteiger partial charge on any atom is -0.305 e. The molecule has 1 saturated heterocycles. The second-order valence-corrected chi connectivity index (χ2v) is 10.3. The van der Waals surface area contributed by atoms with Crippen molar-refractivity contribution in [2.45, 2.75) is 32.7 Å². The van der Waals surface area contributed by atoms with Crippen molar-refractivity contribution in [3.05, 3.63) is 52.7 Å². The van der Waals surface area contributed by atoms with Gasteiger partial charge >= 0.3 is 0 Å². The second kappa shape index (κ2) is 7.72. The highest BCUT2D eigenvalue weighted by Crippen LogP contribution is 2.28. The van der Waals surface area contributed by atoms with Crippen LogP contribution in [0, 0.1) is 6.92 Å². The minimum absolute atomic E-state index is 0.0472. The number of hydrogen-bond donors (Lipinski definition) is 1. The molecule has 0 bridgehead atoms. The number of benzene rings is 1. The number of carbonyl (C=O) groups is 1. The molecule has 0 spiro atoms. The Kier molecular flexibility index (Phi) is 5.26. The number of anilines is 1. The van der Waals surface area contributed by atoms with E-state index < -0.39 is 9.84 Å². The first-order valence-corrected chi connectivity index (χ1v) is 12.2. The molecular weight excluding hydrogens is 408 g/mol. The summed E-state index contributed by atoms with van der Waals surface area (Å²) in [5.74, 6) is 0.359. The van der Waals surface area contributed by atoms with E-state index in [0.717, 1.165) is 22.7 Å². The van der Waals surface area contributed by atoms with Crippen molar-refractivity contribution in [2.75, 3.05) is 16.8 Å². The number of carbonyl (C=O) groups excluding carboxylic acids is 1. The molecule has 9 heteroatoms. The first kappa shape index (κ1) is 19.8. The van der Waals surface area contributed by atoms with E-state index in [2.05, 4.69) is 34.5 Å². The molecule has 1 fully saturated rings. The van der Waals surface area contributed by atoms with Crippen molar-refractivity contribution in [3.8, 4) is 10.6 Å². The number of rotatable bonds is 5. The molecule has 4 rings (SSSR count). The van der Waals surface area contributed by atoms with Gasteiger partial charge in [-0.3, -0.25) is 4.79 Å². The smallest absolute Gasteiger partial charge is 0.276 e. The van der Waals surface area contributed by atoms with Crippen molar-refractivity contribution < 1.29 is 13.2 Å². The quantitative estimate of drug-likeness (QED) is 0.669. The number of amides is 1. The number of nitrogens with zero attached hydrogens (tertiary/aromatic N) is 3. The van der Waals surface area contributed by atoms with Crippen molar-refractivity contribution in [1.82, 2.24) is 14.8 Å². The summed E-state index contributed by atoms with van der Waals surface area (Å²) in [5, 5.41) is 9.75. The normalized spacial score (nSPS) is 18.1. The number of nitrogens with one attached hydrogen (secondary N) is 1. The largest absolute Gasteiger partial charge is 0.305 e. The van der Waals surface area contributed by atoms with Gasteiger partial charge in [0, 0.05) is 17.0 Å². The zero-order valence-electron chi connectivity index (χ0n) is 16.3. The molecule has 3 heterocycles. The molecule has 152 valence electrons. The molecular formula is C20H22N4O3S2. The van der Waals surface area contributed by atoms with E-state index >= 15 is 0 Å². The van der Waals surface area contributed by atoms with Crippen LogP contribution < -0.4 is 5.32 Å². The van der Waals surface area contributed by atoms with Gasteiger partial charge in [0.25, 0.3) is 5.91 Å². The molecule has 29 heavy (non-hydrogen) atoms. The maximum Gasteiger partial charge on any atom is 0.276 e. The molecule has 0 aliphatic carbocycles. The van der Waals surface area contributed by atoms with Gasteiger partial charge in [-0.25, -0.2) is 18.1 Å². The van der Waals surface area contributed by atoms with E-state index in [1.165, 1.54) is 16.9 Å². The van der Waals surface area contributed by atoms with Gasteiger partial charge in [0.1, 0.15) is 16.5 Å². The number of hydrogen-bond acceptors (Lipinski definition) is 6. The second-order valence-electron chi connectivity index (χ2n) is 7.21. The predicted octanol–water partition coefficient (Wildman–Crippen LogP) is 3.49. The Labute approximate surface area is 173 Å². The summed E-state index contributed by atoms with van der Waals surface area (Å²) < 4.78 is 25.3. The Balaban J connectivity index is 1.52. The molecule has 7 nitrogen and oxygen atoms in total. The van der Waals surface area contributed by atoms with Gasteiger partial charge in [-0.15, -0.1) is 11.3 Å². The average molecular weight is 431 g/mol. The highest BCUT2D eigenvalue weighted by Gasteiger charge is 2.31. The van der Waals surface area contributed by atoms with Gasteiger partial charge in [-0.1, -0.05) is 31.2 Å². The maximum atomic E-state index is 12.7. The molecule has 0 saturated carbocycles. The maximum absolute atomic E-state index is 12.7. The van der Waals surface area contributed by atoms with E-state index in [4.69, 9.17) is 0 Å². The van der Waals surface area contributed by atoms with Crippen LogP contribution in [-0.2, 0) is 16.3 Å². The lowest BCUT2D eigenvalue weighted by Crippen LogP contribution is -2.19. The third kappa shape index (κ3) is 4.25. The van der Waals surface area contributed by atoms with E-state index in [1.54, 1.807) is 16.1 Å². The van der Waals surface area contributed by atoms with Crippen molar-refractivity contribution >= 4 is 32.9 Å². The number of aryl methyl sites for hydroxylation is 2. The molecule has 0 unspecified atom stereocenters. The summed E-state index contributed by atoms with van der Waals surface area (Å²) in [5.41, 5.74) is 3.28. The fourth-order valence-electron chi connectivity index (χ4n) is 3.43. The molecule has 1 aliphatic rings. The van der Waals surface area contributed by atoms with E-state index in [-0.39, 0.29) is 23.5 Å². The van der Waals surface area contributed by atoms with Crippen molar-refractivity contribution in [3.63, 3.8) is 0 Å². The summed E-state index contributed by atoms with van der Waals surface area (Å²) in [4.78, 5) is 17.2. The van der Waals surface area contributed by atoms with Gasteiger partial charge in [-0.05, 0) is 25.3 Å². The first-order valence-electron chi connectivity index (χ1n) is 9.47. The number of sulfone groups is 1. The molecule has 2 aromatic heterocycles. The van der Waals surface area contributed by atoms with Crippen molar-refractivity contribution in [1.29, 1.82) is 0 Å². The van der Waals surface area contributed by atoms with Gasteiger partial charge < -0.3 is 5.32 Å². The molecule has 0 radical (unpaired) electrons. The lowest BCUT2D eigenvalue weighted by atomic mass is 10.1. The molecule has 3 aromatic rings. The van der Waals surface area contributed by atoms with E-state index in [1.807, 2.05) is 19.1 Å². The first-order chi connectivity index (χ1) is 13.8. The van der Waals surface area contributed by atoms with Crippen molar-refractivity contribution in [2.24, 2.45) is 0 Å². The SMILES string of the molecule is CCc1ccc(-c2nc(C(=O)Nc3cc(C)nn3[C@@H]3CCS(=O)(=O)C3)cs2)cc1. The van der Waals surface area contributed by atoms with Gasteiger partial charge in [0.2, 0.25) is 0 Å². The fraction of sp³-hybridized carbons (Fsp3) is 0.350. The van der Waals surface area contributed by atoms with Gasteiger partial charge in [0.15, 0.2) is 9.84 Å². The summed E-state index contributed by atoms with van der Waals surface area (Å²) in [6, 6.07) is 9.64. The number of thiazole rings is 1. The number of aromatic nitrogens is 3. The van der Waals surface area contributed by atoms with Gasteiger partial charge in [0.05, 0.1) is 23.2 Å². The molecule has 1 aliphatic heterocycles. The van der Waals surface area contributed by atoms with E-state index in [0.29, 0.717) is 17.9 Å². The zero-order chi connectivity index (χ0) is 20.6. The highest BCUT2D eigenvalue weighted by atomic mass is 32.2. The van der Waals surface area contributed by atoms with Crippen LogP contribution in [-0.4, -0.2) is 40.6 Å². The highest BCUT2D eigenvalue weighted by molar-refractivity contribution is 7.91. The third-order valence-electron chi connectivity index (χ3n) is 5.00. The summed E-state index contributed by atoms with van der Waals surface area (Å²) in [6.07, 6.45) is 1.47. The minimum atomic E-state index is -3.05. The molecule has 1 amide bonds. The average Bonchev–Trinajstić information content (AvgIpc) is 3.40. The molecule has 1 N–H and O–H groups in total. The van der Waals surface area contributed by atoms with Crippen LogP contribution in [0.2, 0.25) is 0 Å². The standard InChI is InChI=1S/C20H22N4O3S2/c1-3-14-4-6-15(7-5-14)20-21-17(11-28-20)19(25)22-18-10-13(2)23-24(18)16-8-9-29(26,27)12-16/h4-7,10-11,16H,3,8-9,12H2,1-2H3,(H,22,25)/t16-/m1/s1. The Morgan fingerprint density at radius 1 is 1.31 bits per heavy atom.